The molecule has 1 atom stereocenters. The number of benzene rings is 2. The van der Waals surface area contributed by atoms with E-state index >= 15 is 0 Å². The molecule has 0 saturated carbocycles. The van der Waals surface area contributed by atoms with Crippen LogP contribution in [0.4, 0.5) is 10.1 Å². The first-order chi connectivity index (χ1) is 12.9. The van der Waals surface area contributed by atoms with Crippen LogP contribution >= 0.6 is 11.8 Å². The van der Waals surface area contributed by atoms with E-state index in [0.29, 0.717) is 22.1 Å². The van der Waals surface area contributed by atoms with Gasteiger partial charge in [0.1, 0.15) is 5.82 Å². The summed E-state index contributed by atoms with van der Waals surface area (Å²) in [4.78, 5) is 28.0. The molecule has 1 unspecified atom stereocenters. The highest BCUT2D eigenvalue weighted by Crippen LogP contribution is 2.25. The number of carbonyl (C=O) groups excluding carboxylic acids is 2. The van der Waals surface area contributed by atoms with Gasteiger partial charge in [0, 0.05) is 23.6 Å². The topological polar surface area (TPSA) is 64.0 Å². The van der Waals surface area contributed by atoms with Crippen LogP contribution in [0.5, 0.6) is 0 Å². The highest BCUT2D eigenvalue weighted by atomic mass is 32.2. The molecule has 1 heterocycles. The Bertz CT molecular complexity index is 969. The maximum Gasteiger partial charge on any atom is 0.237 e. The summed E-state index contributed by atoms with van der Waals surface area (Å²) >= 11 is 1.28. The Kier molecular flexibility index (Phi) is 5.71. The maximum atomic E-state index is 13.5. The molecule has 0 radical (unpaired) electrons. The standard InChI is InChI=1S/C20H18FN3O2S/c1-13(25)15-6-8-17(9-7-15)23-19(26)14(2)27-20-22-10-11-24(20)18-5-3-4-16(21)12-18/h3-12,14H,1-2H3,(H,23,26). The van der Waals surface area contributed by atoms with Gasteiger partial charge < -0.3 is 5.32 Å². The Balaban J connectivity index is 1.69. The lowest BCUT2D eigenvalue weighted by molar-refractivity contribution is -0.115. The number of hydrogen-bond donors (Lipinski definition) is 1. The summed E-state index contributed by atoms with van der Waals surface area (Å²) in [7, 11) is 0. The smallest absolute Gasteiger partial charge is 0.237 e. The highest BCUT2D eigenvalue weighted by molar-refractivity contribution is 8.00. The second-order valence-corrected chi connectivity index (χ2v) is 7.25. The lowest BCUT2D eigenvalue weighted by Gasteiger charge is -2.13. The van der Waals surface area contributed by atoms with Crippen LogP contribution < -0.4 is 5.32 Å². The summed E-state index contributed by atoms with van der Waals surface area (Å²) in [5, 5.41) is 2.99. The summed E-state index contributed by atoms with van der Waals surface area (Å²) in [6.07, 6.45) is 3.33. The van der Waals surface area contributed by atoms with Gasteiger partial charge >= 0.3 is 0 Å². The number of halogens is 1. The average molecular weight is 383 g/mol. The van der Waals surface area contributed by atoms with Gasteiger partial charge in [-0.2, -0.15) is 0 Å². The molecule has 2 aromatic carbocycles. The predicted octanol–water partition coefficient (Wildman–Crippen LogP) is 4.33. The minimum Gasteiger partial charge on any atom is -0.325 e. The highest BCUT2D eigenvalue weighted by Gasteiger charge is 2.18. The molecule has 0 aliphatic heterocycles. The molecule has 0 bridgehead atoms. The monoisotopic (exact) mass is 383 g/mol. The van der Waals surface area contributed by atoms with Gasteiger partial charge in [-0.05, 0) is 56.3 Å². The van der Waals surface area contributed by atoms with Crippen molar-refractivity contribution in [1.29, 1.82) is 0 Å². The SMILES string of the molecule is CC(=O)c1ccc(NC(=O)C(C)Sc2nccn2-c2cccc(F)c2)cc1. The number of anilines is 1. The minimum absolute atomic E-state index is 0.0269. The molecule has 1 aromatic heterocycles. The van der Waals surface area contributed by atoms with Crippen molar-refractivity contribution in [3.8, 4) is 5.69 Å². The fourth-order valence-corrected chi connectivity index (χ4v) is 3.33. The molecule has 27 heavy (non-hydrogen) atoms. The normalized spacial score (nSPS) is 11.8. The second kappa shape index (κ2) is 8.18. The molecule has 3 aromatic rings. The van der Waals surface area contributed by atoms with E-state index in [2.05, 4.69) is 10.3 Å². The van der Waals surface area contributed by atoms with Crippen LogP contribution in [0.3, 0.4) is 0 Å². The van der Waals surface area contributed by atoms with Crippen LogP contribution in [-0.4, -0.2) is 26.5 Å². The van der Waals surface area contributed by atoms with Crippen molar-refractivity contribution in [2.75, 3.05) is 5.32 Å². The van der Waals surface area contributed by atoms with Gasteiger partial charge in [-0.15, -0.1) is 0 Å². The number of Topliss-reactive ketones (excluding diaryl/α,β-unsaturated/α-hetero) is 1. The molecule has 0 aliphatic carbocycles. The molecular weight excluding hydrogens is 365 g/mol. The van der Waals surface area contributed by atoms with Crippen LogP contribution in [0.25, 0.3) is 5.69 Å². The number of aromatic nitrogens is 2. The van der Waals surface area contributed by atoms with Crippen LogP contribution in [0.15, 0.2) is 66.1 Å². The fourth-order valence-electron chi connectivity index (χ4n) is 2.44. The molecule has 1 N–H and O–H groups in total. The van der Waals surface area contributed by atoms with E-state index in [4.69, 9.17) is 0 Å². The predicted molar refractivity (Wildman–Crippen MR) is 104 cm³/mol. The lowest BCUT2D eigenvalue weighted by Crippen LogP contribution is -2.22. The van der Waals surface area contributed by atoms with Crippen LogP contribution in [0, 0.1) is 5.82 Å². The summed E-state index contributed by atoms with van der Waals surface area (Å²) in [6, 6.07) is 12.9. The van der Waals surface area contributed by atoms with Crippen molar-refractivity contribution in [2.45, 2.75) is 24.3 Å². The first-order valence-corrected chi connectivity index (χ1v) is 9.20. The molecule has 5 nitrogen and oxygen atoms in total. The average Bonchev–Trinajstić information content (AvgIpc) is 3.10. The van der Waals surface area contributed by atoms with Crippen LogP contribution in [0.2, 0.25) is 0 Å². The molecule has 138 valence electrons. The minimum atomic E-state index is -0.424. The van der Waals surface area contributed by atoms with Crippen molar-refractivity contribution in [3.05, 3.63) is 72.3 Å². The summed E-state index contributed by atoms with van der Waals surface area (Å²) in [5.41, 5.74) is 1.85. The van der Waals surface area contributed by atoms with Crippen LogP contribution in [0.1, 0.15) is 24.2 Å². The molecule has 1 amide bonds. The zero-order valence-electron chi connectivity index (χ0n) is 14.8. The van der Waals surface area contributed by atoms with Crippen molar-refractivity contribution < 1.29 is 14.0 Å². The number of ketones is 1. The third-order valence-corrected chi connectivity index (χ3v) is 4.98. The number of thioether (sulfide) groups is 1. The van der Waals surface area contributed by atoms with E-state index in [0.717, 1.165) is 0 Å². The summed E-state index contributed by atoms with van der Waals surface area (Å²) in [5.74, 6) is -0.553. The van der Waals surface area contributed by atoms with E-state index in [1.54, 1.807) is 60.3 Å². The number of nitrogens with one attached hydrogen (secondary N) is 1. The number of amides is 1. The number of rotatable bonds is 6. The first kappa shape index (κ1) is 18.8. The number of carbonyl (C=O) groups is 2. The third kappa shape index (κ3) is 4.62. The molecule has 0 saturated heterocycles. The molecule has 0 aliphatic rings. The van der Waals surface area contributed by atoms with Gasteiger partial charge in [-0.3, -0.25) is 14.2 Å². The Morgan fingerprint density at radius 2 is 1.93 bits per heavy atom. The van der Waals surface area contributed by atoms with E-state index in [1.807, 2.05) is 0 Å². The molecule has 7 heteroatoms. The first-order valence-electron chi connectivity index (χ1n) is 8.32. The molecule has 0 fully saturated rings. The lowest BCUT2D eigenvalue weighted by atomic mass is 10.1. The molecule has 0 spiro atoms. The molecular formula is C20H18FN3O2S. The van der Waals surface area contributed by atoms with E-state index < -0.39 is 5.25 Å². The Labute approximate surface area is 160 Å². The van der Waals surface area contributed by atoms with Crippen molar-refractivity contribution >= 4 is 29.1 Å². The summed E-state index contributed by atoms with van der Waals surface area (Å²) < 4.78 is 15.2. The van der Waals surface area contributed by atoms with E-state index in [9.17, 15) is 14.0 Å². The number of hydrogen-bond acceptors (Lipinski definition) is 4. The van der Waals surface area contributed by atoms with Crippen LogP contribution in [-0.2, 0) is 4.79 Å². The zero-order valence-corrected chi connectivity index (χ0v) is 15.7. The van der Waals surface area contributed by atoms with Gasteiger partial charge in [-0.25, -0.2) is 9.37 Å². The Morgan fingerprint density at radius 3 is 2.59 bits per heavy atom. The third-order valence-electron chi connectivity index (χ3n) is 3.90. The second-order valence-electron chi connectivity index (χ2n) is 5.94. The van der Waals surface area contributed by atoms with Gasteiger partial charge in [0.05, 0.1) is 10.9 Å². The fraction of sp³-hybridized carbons (Fsp3) is 0.150. The molecule has 3 rings (SSSR count). The van der Waals surface area contributed by atoms with Gasteiger partial charge in [0.2, 0.25) is 5.91 Å². The Hall–Kier alpha value is -2.93. The number of nitrogens with zero attached hydrogens (tertiary/aromatic N) is 2. The maximum absolute atomic E-state index is 13.5. The number of imidazole rings is 1. The van der Waals surface area contributed by atoms with E-state index in [-0.39, 0.29) is 17.5 Å². The summed E-state index contributed by atoms with van der Waals surface area (Å²) in [6.45, 7) is 3.27. The Morgan fingerprint density at radius 1 is 1.19 bits per heavy atom. The van der Waals surface area contributed by atoms with E-state index in [1.165, 1.54) is 30.8 Å². The largest absolute Gasteiger partial charge is 0.325 e. The zero-order chi connectivity index (χ0) is 19.4. The van der Waals surface area contributed by atoms with Crippen molar-refractivity contribution in [1.82, 2.24) is 9.55 Å². The van der Waals surface area contributed by atoms with Gasteiger partial charge in [-0.1, -0.05) is 17.8 Å². The van der Waals surface area contributed by atoms with Gasteiger partial charge in [0.15, 0.2) is 10.9 Å². The van der Waals surface area contributed by atoms with Gasteiger partial charge in [0.25, 0.3) is 0 Å². The van der Waals surface area contributed by atoms with Crippen molar-refractivity contribution in [2.24, 2.45) is 0 Å². The van der Waals surface area contributed by atoms with Crippen molar-refractivity contribution in [3.63, 3.8) is 0 Å². The quantitative estimate of drug-likeness (QED) is 0.508.